The maximum Gasteiger partial charge on any atom is 0.305 e. The highest BCUT2D eigenvalue weighted by molar-refractivity contribution is 6.20. The lowest BCUT2D eigenvalue weighted by molar-refractivity contribution is -0.144. The number of carbonyl (C=O) groups is 1. The predicted octanol–water partition coefficient (Wildman–Crippen LogP) is 11.0. The van der Waals surface area contributed by atoms with Crippen LogP contribution in [0.4, 0.5) is 0 Å². The van der Waals surface area contributed by atoms with Crippen LogP contribution in [0.15, 0.2) is 0 Å². The number of halogens is 1. The third-order valence-electron chi connectivity index (χ3n) is 9.60. The summed E-state index contributed by atoms with van der Waals surface area (Å²) in [6, 6.07) is 0. The smallest absolute Gasteiger partial charge is 0.305 e. The first-order valence-corrected chi connectivity index (χ1v) is 20.0. The van der Waals surface area contributed by atoms with Gasteiger partial charge in [-0.1, -0.05) is 174 Å². The number of alkyl halides is 1. The Bertz CT molecular complexity index is 623. The van der Waals surface area contributed by atoms with Gasteiger partial charge >= 0.3 is 5.97 Å². The zero-order valence-corrected chi connectivity index (χ0v) is 30.3. The molecule has 0 aromatic rings. The molecule has 2 atom stereocenters. The van der Waals surface area contributed by atoms with E-state index in [1.807, 2.05) is 0 Å². The Morgan fingerprint density at radius 1 is 0.636 bits per heavy atom. The van der Waals surface area contributed by atoms with Gasteiger partial charge in [-0.3, -0.25) is 14.6 Å². The molecule has 2 unspecified atom stereocenters. The van der Waals surface area contributed by atoms with Crippen molar-refractivity contribution in [1.82, 2.24) is 9.80 Å². The lowest BCUT2D eigenvalue weighted by Crippen LogP contribution is -2.42. The molecule has 1 saturated heterocycles. The van der Waals surface area contributed by atoms with E-state index in [1.165, 1.54) is 154 Å². The molecule has 44 heavy (non-hydrogen) atoms. The molecule has 1 fully saturated rings. The van der Waals surface area contributed by atoms with E-state index >= 15 is 0 Å². The zero-order valence-electron chi connectivity index (χ0n) is 29.5. The number of β-amino-alcohol motifs (C(OH)–C–C–N with tert-alkyl or cyclic N) is 1. The molecule has 0 bridgehead atoms. The molecule has 262 valence electrons. The molecular weight excluding hydrogens is 568 g/mol. The number of ether oxygens (including phenoxy) is 1. The minimum absolute atomic E-state index is 0.0602. The van der Waals surface area contributed by atoms with E-state index in [4.69, 9.17) is 16.3 Å². The number of rotatable bonds is 33. The second kappa shape index (κ2) is 31.3. The molecule has 1 aliphatic heterocycles. The first-order chi connectivity index (χ1) is 21.6. The molecule has 0 radical (unpaired) electrons. The second-order valence-electron chi connectivity index (χ2n) is 13.6. The van der Waals surface area contributed by atoms with E-state index in [2.05, 4.69) is 23.6 Å². The van der Waals surface area contributed by atoms with Crippen LogP contribution in [0.25, 0.3) is 0 Å². The van der Waals surface area contributed by atoms with E-state index < -0.39 is 0 Å². The summed E-state index contributed by atoms with van der Waals surface area (Å²) in [5.74, 6) is -0.0602. The second-order valence-corrected chi connectivity index (χ2v) is 14.1. The lowest BCUT2D eigenvalue weighted by Gasteiger charge is -2.30. The summed E-state index contributed by atoms with van der Waals surface area (Å²) in [6.45, 7) is 7.21. The van der Waals surface area contributed by atoms with Crippen LogP contribution in [0.2, 0.25) is 0 Å². The Kier molecular flexibility index (Phi) is 29.6. The van der Waals surface area contributed by atoms with E-state index in [0.29, 0.717) is 19.6 Å². The third-order valence-corrected chi connectivity index (χ3v) is 9.99. The Balaban J connectivity index is 2.09. The summed E-state index contributed by atoms with van der Waals surface area (Å²) in [5.41, 5.74) is -0.0874. The highest BCUT2D eigenvalue weighted by Crippen LogP contribution is 2.27. The number of aliphatic hydroxyl groups excluding tert-OH is 1. The van der Waals surface area contributed by atoms with Crippen LogP contribution in [0, 0.1) is 0 Å². The average Bonchev–Trinajstić information content (AvgIpc) is 3.31. The normalized spacial score (nSPS) is 17.5. The van der Waals surface area contributed by atoms with Crippen molar-refractivity contribution in [3.8, 4) is 0 Å². The van der Waals surface area contributed by atoms with Crippen LogP contribution in [0.1, 0.15) is 194 Å². The van der Waals surface area contributed by atoms with Crippen LogP contribution in [-0.4, -0.2) is 65.4 Å². The fraction of sp³-hybridized carbons (Fsp3) is 0.974. The average molecular weight is 643 g/mol. The molecule has 0 saturated carbocycles. The van der Waals surface area contributed by atoms with E-state index in [0.717, 1.165) is 32.4 Å². The molecule has 5 nitrogen and oxygen atoms in total. The summed E-state index contributed by atoms with van der Waals surface area (Å²) in [6.07, 6.45) is 36.5. The van der Waals surface area contributed by atoms with Crippen molar-refractivity contribution in [2.24, 2.45) is 0 Å². The van der Waals surface area contributed by atoms with Crippen molar-refractivity contribution in [2.45, 2.75) is 205 Å². The van der Waals surface area contributed by atoms with Gasteiger partial charge < -0.3 is 9.84 Å². The molecule has 0 aromatic carbocycles. The number of hydrogen-bond acceptors (Lipinski definition) is 5. The summed E-state index contributed by atoms with van der Waals surface area (Å²) in [5, 5.41) is 9.61. The highest BCUT2D eigenvalue weighted by Gasteiger charge is 2.37. The van der Waals surface area contributed by atoms with Crippen LogP contribution < -0.4 is 0 Å². The highest BCUT2D eigenvalue weighted by atomic mass is 35.5. The lowest BCUT2D eigenvalue weighted by atomic mass is 10.0. The molecular formula is C38H75ClN2O3. The summed E-state index contributed by atoms with van der Waals surface area (Å²) < 4.78 is 5.62. The molecule has 1 rings (SSSR count). The molecule has 1 N–H and O–H groups in total. The number of unbranched alkanes of at least 4 members (excludes halogenated alkanes) is 24. The minimum Gasteiger partial charge on any atom is -0.464 e. The SMILES string of the molecule is CCCCCCCCCCCCCCCC(=O)OCCN1CC(Cl)N(CCO)C1CCCCCCCCCCCCCCC. The van der Waals surface area contributed by atoms with Gasteiger partial charge in [0.15, 0.2) is 0 Å². The number of aliphatic hydroxyl groups is 1. The number of esters is 1. The van der Waals surface area contributed by atoms with Gasteiger partial charge in [-0.2, -0.15) is 0 Å². The summed E-state index contributed by atoms with van der Waals surface area (Å²) in [7, 11) is 0. The maximum atomic E-state index is 12.3. The summed E-state index contributed by atoms with van der Waals surface area (Å²) >= 11 is 6.68. The molecule has 0 spiro atoms. The quantitative estimate of drug-likeness (QED) is 0.0334. The van der Waals surface area contributed by atoms with Gasteiger partial charge in [0.1, 0.15) is 6.61 Å². The Morgan fingerprint density at radius 3 is 1.48 bits per heavy atom. The number of hydrogen-bond donors (Lipinski definition) is 1. The molecule has 0 aliphatic carbocycles. The van der Waals surface area contributed by atoms with Gasteiger partial charge in [-0.15, -0.1) is 11.6 Å². The monoisotopic (exact) mass is 643 g/mol. The largest absolute Gasteiger partial charge is 0.464 e. The van der Waals surface area contributed by atoms with Crippen LogP contribution in [0.3, 0.4) is 0 Å². The Hall–Kier alpha value is -0.360. The van der Waals surface area contributed by atoms with Crippen molar-refractivity contribution in [3.63, 3.8) is 0 Å². The first-order valence-electron chi connectivity index (χ1n) is 19.5. The molecule has 6 heteroatoms. The first kappa shape index (κ1) is 41.7. The van der Waals surface area contributed by atoms with Gasteiger partial charge in [-0.25, -0.2) is 0 Å². The van der Waals surface area contributed by atoms with Crippen LogP contribution in [0.5, 0.6) is 0 Å². The van der Waals surface area contributed by atoms with Crippen molar-refractivity contribution >= 4 is 17.6 Å². The Morgan fingerprint density at radius 2 is 1.05 bits per heavy atom. The molecule has 1 heterocycles. The standard InChI is InChI=1S/C38H75ClN2O3/c1-3-5-7-9-11-13-15-17-19-21-23-25-27-29-37-40(35-36(39)41(37)31-33-42)32-34-44-38(43)30-28-26-24-22-20-18-16-14-12-10-8-6-4-2/h36-37,42H,3-35H2,1-2H3. The number of nitrogens with zero attached hydrogens (tertiary/aromatic N) is 2. The van der Waals surface area contributed by atoms with E-state index in [1.54, 1.807) is 0 Å². The number of carbonyl (C=O) groups excluding carboxylic acids is 1. The van der Waals surface area contributed by atoms with Crippen LogP contribution >= 0.6 is 11.6 Å². The van der Waals surface area contributed by atoms with Crippen molar-refractivity contribution in [3.05, 3.63) is 0 Å². The minimum atomic E-state index is -0.0874. The predicted molar refractivity (Wildman–Crippen MR) is 190 cm³/mol. The fourth-order valence-corrected chi connectivity index (χ4v) is 7.20. The topological polar surface area (TPSA) is 53.0 Å². The zero-order chi connectivity index (χ0) is 31.9. The van der Waals surface area contributed by atoms with Crippen molar-refractivity contribution in [1.29, 1.82) is 0 Å². The fourth-order valence-electron chi connectivity index (χ4n) is 6.79. The van der Waals surface area contributed by atoms with Gasteiger partial charge in [0.2, 0.25) is 0 Å². The van der Waals surface area contributed by atoms with E-state index in [9.17, 15) is 9.90 Å². The van der Waals surface area contributed by atoms with Crippen molar-refractivity contribution in [2.75, 3.05) is 32.8 Å². The van der Waals surface area contributed by atoms with Gasteiger partial charge in [-0.05, 0) is 12.8 Å². The van der Waals surface area contributed by atoms with E-state index in [-0.39, 0.29) is 24.2 Å². The Labute approximate surface area is 279 Å². The summed E-state index contributed by atoms with van der Waals surface area (Å²) in [4.78, 5) is 16.9. The molecule has 1 aliphatic rings. The van der Waals surface area contributed by atoms with Crippen LogP contribution in [-0.2, 0) is 9.53 Å². The van der Waals surface area contributed by atoms with Gasteiger partial charge in [0.25, 0.3) is 0 Å². The van der Waals surface area contributed by atoms with Gasteiger partial charge in [0.05, 0.1) is 18.3 Å². The molecule has 0 aromatic heterocycles. The maximum absolute atomic E-state index is 12.3. The molecule has 0 amide bonds. The van der Waals surface area contributed by atoms with Gasteiger partial charge in [0, 0.05) is 26.1 Å². The van der Waals surface area contributed by atoms with Crippen molar-refractivity contribution < 1.29 is 14.6 Å². The third kappa shape index (κ3) is 23.0.